The molecule has 0 spiro atoms. The van der Waals surface area contributed by atoms with Crippen molar-refractivity contribution in [1.82, 2.24) is 0 Å². The number of hydrogen-bond acceptors (Lipinski definition) is 1. The predicted molar refractivity (Wildman–Crippen MR) is 55.2 cm³/mol. The monoisotopic (exact) mass is 177 g/mol. The summed E-state index contributed by atoms with van der Waals surface area (Å²) in [5.74, 6) is 0. The Morgan fingerprint density at radius 3 is 2.54 bits per heavy atom. The van der Waals surface area contributed by atoms with Gasteiger partial charge in [0.2, 0.25) is 0 Å². The summed E-state index contributed by atoms with van der Waals surface area (Å²) in [4.78, 5) is 0. The maximum atomic E-state index is 5.54. The second-order valence-electron chi connectivity index (χ2n) is 3.06. The molecule has 0 saturated carbocycles. The minimum Gasteiger partial charge on any atom is -0.368 e. The van der Waals surface area contributed by atoms with Crippen LogP contribution in [0.2, 0.25) is 0 Å². The molecule has 13 heavy (non-hydrogen) atoms. The number of rotatable bonds is 5. The Bertz CT molecular complexity index is 212. The Morgan fingerprint density at radius 2 is 2.00 bits per heavy atom. The molecule has 0 saturated heterocycles. The summed E-state index contributed by atoms with van der Waals surface area (Å²) in [5.41, 5.74) is 1.27. The van der Waals surface area contributed by atoms with Crippen molar-refractivity contribution in [2.45, 2.75) is 32.8 Å². The van der Waals surface area contributed by atoms with E-state index in [1.807, 2.05) is 13.0 Å². The molecule has 1 heteroatoms. The van der Waals surface area contributed by atoms with Crippen LogP contribution in [-0.4, -0.2) is 0 Å². The zero-order valence-corrected chi connectivity index (χ0v) is 8.36. The van der Waals surface area contributed by atoms with Gasteiger partial charge in [0.05, 0.1) is 12.7 Å². The Hall–Kier alpha value is -0.820. The Kier molecular flexibility index (Phi) is 4.55. The van der Waals surface area contributed by atoms with Gasteiger partial charge >= 0.3 is 0 Å². The highest BCUT2D eigenvalue weighted by molar-refractivity contribution is 5.17. The van der Waals surface area contributed by atoms with Crippen LogP contribution in [0.3, 0.4) is 0 Å². The second kappa shape index (κ2) is 5.76. The summed E-state index contributed by atoms with van der Waals surface area (Å²) in [5, 5.41) is 0. The molecule has 0 heterocycles. The van der Waals surface area contributed by atoms with E-state index < -0.39 is 0 Å². The molecule has 1 aromatic carbocycles. The number of benzene rings is 1. The number of hydrogen-bond donors (Lipinski definition) is 0. The molecule has 71 valence electrons. The van der Waals surface area contributed by atoms with Gasteiger partial charge in [0.25, 0.3) is 0 Å². The van der Waals surface area contributed by atoms with Gasteiger partial charge in [0.15, 0.2) is 0 Å². The van der Waals surface area contributed by atoms with Crippen molar-refractivity contribution in [3.63, 3.8) is 0 Å². The zero-order valence-electron chi connectivity index (χ0n) is 8.36. The third-order valence-electron chi connectivity index (χ3n) is 2.02. The first kappa shape index (κ1) is 10.3. The molecule has 1 radical (unpaired) electrons. The first-order valence-corrected chi connectivity index (χ1v) is 4.86. The maximum absolute atomic E-state index is 5.54. The van der Waals surface area contributed by atoms with Crippen LogP contribution in [0.15, 0.2) is 30.3 Å². The van der Waals surface area contributed by atoms with E-state index in [9.17, 15) is 0 Å². The van der Waals surface area contributed by atoms with Gasteiger partial charge in [-0.3, -0.25) is 0 Å². The molecule has 1 atom stereocenters. The zero-order chi connectivity index (χ0) is 9.52. The van der Waals surface area contributed by atoms with E-state index in [1.165, 1.54) is 5.56 Å². The van der Waals surface area contributed by atoms with Crippen molar-refractivity contribution in [3.05, 3.63) is 42.5 Å². The van der Waals surface area contributed by atoms with Crippen LogP contribution >= 0.6 is 0 Å². The quantitative estimate of drug-likeness (QED) is 0.666. The maximum Gasteiger partial charge on any atom is 0.0829 e. The van der Waals surface area contributed by atoms with E-state index in [-0.39, 0.29) is 6.10 Å². The average Bonchev–Trinajstić information content (AvgIpc) is 2.19. The fraction of sp³-hybridized carbons (Fsp3) is 0.417. The van der Waals surface area contributed by atoms with Crippen LogP contribution < -0.4 is 0 Å². The fourth-order valence-corrected chi connectivity index (χ4v) is 1.41. The van der Waals surface area contributed by atoms with Gasteiger partial charge in [-0.05, 0) is 18.9 Å². The summed E-state index contributed by atoms with van der Waals surface area (Å²) >= 11 is 0. The van der Waals surface area contributed by atoms with E-state index in [0.29, 0.717) is 0 Å². The van der Waals surface area contributed by atoms with E-state index in [1.54, 1.807) is 6.61 Å². The fourth-order valence-electron chi connectivity index (χ4n) is 1.41. The molecule has 1 unspecified atom stereocenters. The lowest BCUT2D eigenvalue weighted by atomic mass is 10.1. The van der Waals surface area contributed by atoms with Crippen molar-refractivity contribution in [2.75, 3.05) is 0 Å². The Labute approximate surface area is 80.7 Å². The van der Waals surface area contributed by atoms with Gasteiger partial charge in [-0.2, -0.15) is 0 Å². The van der Waals surface area contributed by atoms with E-state index >= 15 is 0 Å². The smallest absolute Gasteiger partial charge is 0.0829 e. The minimum atomic E-state index is 0.233. The predicted octanol–water partition coefficient (Wildman–Crippen LogP) is 3.73. The molecule has 0 aliphatic heterocycles. The summed E-state index contributed by atoms with van der Waals surface area (Å²) in [7, 11) is 0. The molecule has 0 aliphatic rings. The van der Waals surface area contributed by atoms with Crippen molar-refractivity contribution in [3.8, 4) is 0 Å². The highest BCUT2D eigenvalue weighted by atomic mass is 16.5. The molecule has 1 nitrogen and oxygen atoms in total. The Morgan fingerprint density at radius 1 is 1.31 bits per heavy atom. The van der Waals surface area contributed by atoms with Crippen LogP contribution in [0.1, 0.15) is 38.4 Å². The molecule has 0 fully saturated rings. The standard InChI is InChI=1S/C12H17O/c1-3-8-12(13-4-2)11-9-6-5-7-10-11/h4-7,9-10,12H,3,8H2,1-2H3. The van der Waals surface area contributed by atoms with E-state index in [4.69, 9.17) is 4.74 Å². The van der Waals surface area contributed by atoms with Gasteiger partial charge in [-0.1, -0.05) is 43.7 Å². The molecule has 0 amide bonds. The molecule has 0 aromatic heterocycles. The van der Waals surface area contributed by atoms with Crippen LogP contribution in [0.25, 0.3) is 0 Å². The topological polar surface area (TPSA) is 9.23 Å². The lowest BCUT2D eigenvalue weighted by molar-refractivity contribution is 0.101. The number of ether oxygens (including phenoxy) is 1. The minimum absolute atomic E-state index is 0.233. The summed E-state index contributed by atoms with van der Waals surface area (Å²) in [6.07, 6.45) is 2.46. The van der Waals surface area contributed by atoms with Crippen molar-refractivity contribution >= 4 is 0 Å². The van der Waals surface area contributed by atoms with Crippen LogP contribution in [0, 0.1) is 6.61 Å². The molecule has 0 N–H and O–H groups in total. The highest BCUT2D eigenvalue weighted by Crippen LogP contribution is 2.22. The SMILES string of the molecule is C[CH]OC(CCC)c1ccccc1. The second-order valence-corrected chi connectivity index (χ2v) is 3.06. The van der Waals surface area contributed by atoms with E-state index in [0.717, 1.165) is 12.8 Å². The van der Waals surface area contributed by atoms with E-state index in [2.05, 4.69) is 31.2 Å². The van der Waals surface area contributed by atoms with Crippen molar-refractivity contribution < 1.29 is 4.74 Å². The molecule has 1 rings (SSSR count). The normalized spacial score (nSPS) is 12.8. The van der Waals surface area contributed by atoms with Gasteiger partial charge in [-0.15, -0.1) is 0 Å². The highest BCUT2D eigenvalue weighted by Gasteiger charge is 2.08. The Balaban J connectivity index is 2.64. The molecule has 1 aromatic rings. The summed E-state index contributed by atoms with van der Waals surface area (Å²) in [6.45, 7) is 5.87. The molecule has 0 aliphatic carbocycles. The third kappa shape index (κ3) is 3.19. The first-order chi connectivity index (χ1) is 6.38. The van der Waals surface area contributed by atoms with Gasteiger partial charge in [0, 0.05) is 0 Å². The lowest BCUT2D eigenvalue weighted by Gasteiger charge is -2.15. The summed E-state index contributed by atoms with van der Waals surface area (Å²) < 4.78 is 5.54. The molecular formula is C12H17O. The van der Waals surface area contributed by atoms with Crippen molar-refractivity contribution in [2.24, 2.45) is 0 Å². The van der Waals surface area contributed by atoms with Crippen LogP contribution in [0.4, 0.5) is 0 Å². The van der Waals surface area contributed by atoms with Crippen molar-refractivity contribution in [1.29, 1.82) is 0 Å². The van der Waals surface area contributed by atoms with Crippen LogP contribution in [0.5, 0.6) is 0 Å². The average molecular weight is 177 g/mol. The summed E-state index contributed by atoms with van der Waals surface area (Å²) in [6, 6.07) is 10.4. The molecular weight excluding hydrogens is 160 g/mol. The third-order valence-corrected chi connectivity index (χ3v) is 2.02. The van der Waals surface area contributed by atoms with Gasteiger partial charge in [0.1, 0.15) is 0 Å². The first-order valence-electron chi connectivity index (χ1n) is 4.86. The van der Waals surface area contributed by atoms with Crippen LogP contribution in [-0.2, 0) is 4.74 Å². The largest absolute Gasteiger partial charge is 0.368 e. The van der Waals surface area contributed by atoms with Gasteiger partial charge in [-0.25, -0.2) is 0 Å². The molecule has 0 bridgehead atoms. The van der Waals surface area contributed by atoms with Gasteiger partial charge < -0.3 is 4.74 Å². The lowest BCUT2D eigenvalue weighted by Crippen LogP contribution is -2.01.